The van der Waals surface area contributed by atoms with Gasteiger partial charge in [-0.1, -0.05) is 26.8 Å². The maximum atomic E-state index is 12.1. The summed E-state index contributed by atoms with van der Waals surface area (Å²) in [7, 11) is 0. The number of rotatable bonds is 5. The van der Waals surface area contributed by atoms with Gasteiger partial charge in [0.1, 0.15) is 12.2 Å². The fraction of sp³-hybridized carbons (Fsp3) is 0.857. The first-order valence-electron chi connectivity index (χ1n) is 13.1. The summed E-state index contributed by atoms with van der Waals surface area (Å²) in [5.41, 5.74) is 0.550. The minimum absolute atomic E-state index is 0.0374. The van der Waals surface area contributed by atoms with Crippen LogP contribution in [0.4, 0.5) is 0 Å². The first-order chi connectivity index (χ1) is 15.1. The fourth-order valence-electron chi connectivity index (χ4n) is 9.32. The monoisotopic (exact) mass is 444 g/mol. The van der Waals surface area contributed by atoms with Gasteiger partial charge in [-0.15, -0.1) is 6.58 Å². The molecule has 0 spiro atoms. The molecule has 0 saturated heterocycles. The molecule has 4 rings (SSSR count). The Balaban J connectivity index is 1.62. The molecule has 32 heavy (non-hydrogen) atoms. The third-order valence-electron chi connectivity index (χ3n) is 10.6. The van der Waals surface area contributed by atoms with Crippen LogP contribution >= 0.6 is 0 Å². The highest BCUT2D eigenvalue weighted by Crippen LogP contribution is 2.68. The second-order valence-corrected chi connectivity index (χ2v) is 12.1. The Kier molecular flexibility index (Phi) is 6.55. The quantitative estimate of drug-likeness (QED) is 0.367. The molecule has 0 heterocycles. The second kappa shape index (κ2) is 8.80. The molecule has 4 aliphatic rings. The van der Waals surface area contributed by atoms with Gasteiger partial charge in [0.15, 0.2) is 0 Å². The second-order valence-electron chi connectivity index (χ2n) is 12.1. The number of hydrogen-bond donors (Lipinski definition) is 0. The van der Waals surface area contributed by atoms with Gasteiger partial charge in [0, 0.05) is 19.8 Å². The fourth-order valence-corrected chi connectivity index (χ4v) is 9.32. The average molecular weight is 445 g/mol. The van der Waals surface area contributed by atoms with Crippen molar-refractivity contribution in [2.45, 2.75) is 105 Å². The standard InChI is InChI=1S/C28H44O4/c1-7-8-17(2)22-9-10-23-21-16-26(32-19(4)30)25-15-20(31-18(3)29)11-13-28(25,6)24(21)12-14-27(22,23)5/h7,17,20-26H,1,8-16H2,2-6H3/t17-,20-,21+,22-,23+,24+,25+,26+,27-,28-/m1/s1. The van der Waals surface area contributed by atoms with Crippen molar-refractivity contribution in [2.75, 3.05) is 0 Å². The lowest BCUT2D eigenvalue weighted by molar-refractivity contribution is -0.197. The average Bonchev–Trinajstić information content (AvgIpc) is 3.06. The van der Waals surface area contributed by atoms with Crippen LogP contribution in [0, 0.1) is 46.3 Å². The van der Waals surface area contributed by atoms with Crippen LogP contribution in [-0.4, -0.2) is 24.1 Å². The van der Waals surface area contributed by atoms with Gasteiger partial charge >= 0.3 is 11.9 Å². The maximum Gasteiger partial charge on any atom is 0.302 e. The molecule has 0 aromatic rings. The van der Waals surface area contributed by atoms with E-state index in [0.717, 1.165) is 43.9 Å². The molecule has 0 bridgehead atoms. The highest BCUT2D eigenvalue weighted by Gasteiger charge is 2.63. The van der Waals surface area contributed by atoms with Crippen molar-refractivity contribution in [1.29, 1.82) is 0 Å². The van der Waals surface area contributed by atoms with Gasteiger partial charge in [0.25, 0.3) is 0 Å². The predicted octanol–water partition coefficient (Wildman–Crippen LogP) is 6.33. The minimum Gasteiger partial charge on any atom is -0.463 e. The van der Waals surface area contributed by atoms with Gasteiger partial charge < -0.3 is 9.47 Å². The summed E-state index contributed by atoms with van der Waals surface area (Å²) in [5, 5.41) is 0. The van der Waals surface area contributed by atoms with E-state index in [-0.39, 0.29) is 35.5 Å². The molecule has 0 radical (unpaired) electrons. The molecule has 4 nitrogen and oxygen atoms in total. The van der Waals surface area contributed by atoms with E-state index in [1.807, 2.05) is 0 Å². The van der Waals surface area contributed by atoms with E-state index >= 15 is 0 Å². The lowest BCUT2D eigenvalue weighted by Crippen LogP contribution is -2.59. The minimum atomic E-state index is -0.199. The Morgan fingerprint density at radius 3 is 2.25 bits per heavy atom. The van der Waals surface area contributed by atoms with Crippen LogP contribution < -0.4 is 0 Å². The normalized spacial score (nSPS) is 46.2. The van der Waals surface area contributed by atoms with Crippen molar-refractivity contribution in [3.63, 3.8) is 0 Å². The number of allylic oxidation sites excluding steroid dienone is 1. The Morgan fingerprint density at radius 2 is 1.59 bits per heavy atom. The lowest BCUT2D eigenvalue weighted by Gasteiger charge is -2.62. The molecule has 4 heteroatoms. The molecule has 4 aliphatic carbocycles. The van der Waals surface area contributed by atoms with Gasteiger partial charge in [-0.2, -0.15) is 0 Å². The Bertz CT molecular complexity index is 746. The molecule has 0 unspecified atom stereocenters. The number of carbonyl (C=O) groups is 2. The molecule has 0 aromatic heterocycles. The first kappa shape index (κ1) is 23.8. The third-order valence-corrected chi connectivity index (χ3v) is 10.6. The smallest absolute Gasteiger partial charge is 0.302 e. The summed E-state index contributed by atoms with van der Waals surface area (Å²) in [5.74, 6) is 3.41. The summed E-state index contributed by atoms with van der Waals surface area (Å²) in [6.07, 6.45) is 12.2. The molecular formula is C28H44O4. The third kappa shape index (κ3) is 3.94. The van der Waals surface area contributed by atoms with Crippen LogP contribution in [0.5, 0.6) is 0 Å². The van der Waals surface area contributed by atoms with E-state index in [9.17, 15) is 9.59 Å². The summed E-state index contributed by atoms with van der Waals surface area (Å²) >= 11 is 0. The molecular weight excluding hydrogens is 400 g/mol. The van der Waals surface area contributed by atoms with Crippen LogP contribution in [0.3, 0.4) is 0 Å². The number of ether oxygens (including phenoxy) is 2. The van der Waals surface area contributed by atoms with Crippen molar-refractivity contribution in [1.82, 2.24) is 0 Å². The Labute approximate surface area is 194 Å². The zero-order chi connectivity index (χ0) is 23.3. The molecule has 0 aromatic carbocycles. The van der Waals surface area contributed by atoms with Crippen LogP contribution in [-0.2, 0) is 19.1 Å². The predicted molar refractivity (Wildman–Crippen MR) is 126 cm³/mol. The van der Waals surface area contributed by atoms with E-state index in [0.29, 0.717) is 23.2 Å². The van der Waals surface area contributed by atoms with E-state index in [2.05, 4.69) is 33.4 Å². The number of hydrogen-bond acceptors (Lipinski definition) is 4. The Hall–Kier alpha value is -1.32. The highest BCUT2D eigenvalue weighted by atomic mass is 16.5. The number of esters is 2. The molecule has 0 aliphatic heterocycles. The van der Waals surface area contributed by atoms with E-state index in [4.69, 9.17) is 9.47 Å². The van der Waals surface area contributed by atoms with E-state index in [1.165, 1.54) is 32.6 Å². The van der Waals surface area contributed by atoms with E-state index in [1.54, 1.807) is 6.92 Å². The van der Waals surface area contributed by atoms with Crippen molar-refractivity contribution >= 4 is 11.9 Å². The van der Waals surface area contributed by atoms with Gasteiger partial charge in [-0.3, -0.25) is 9.59 Å². The lowest BCUT2D eigenvalue weighted by atomic mass is 9.43. The zero-order valence-electron chi connectivity index (χ0n) is 20.9. The van der Waals surface area contributed by atoms with Crippen LogP contribution in [0.1, 0.15) is 92.4 Å². The maximum absolute atomic E-state index is 12.1. The molecule has 10 atom stereocenters. The molecule has 0 N–H and O–H groups in total. The summed E-state index contributed by atoms with van der Waals surface area (Å²) < 4.78 is 11.7. The van der Waals surface area contributed by atoms with Crippen molar-refractivity contribution in [3.05, 3.63) is 12.7 Å². The highest BCUT2D eigenvalue weighted by molar-refractivity contribution is 5.66. The number of fused-ring (bicyclic) bond motifs is 5. The van der Waals surface area contributed by atoms with Gasteiger partial charge in [0.2, 0.25) is 0 Å². The molecule has 4 fully saturated rings. The van der Waals surface area contributed by atoms with Crippen LogP contribution in [0.2, 0.25) is 0 Å². The SMILES string of the molecule is C=CC[C@@H](C)[C@H]1CC[C@H]2[C@@H]3C[C@H](OC(C)=O)[C@@H]4C[C@H](OC(C)=O)CC[C@]4(C)[C@H]3CC[C@]12C. The summed E-state index contributed by atoms with van der Waals surface area (Å²) in [6.45, 7) is 14.5. The van der Waals surface area contributed by atoms with Crippen molar-refractivity contribution < 1.29 is 19.1 Å². The molecule has 4 saturated carbocycles. The molecule has 180 valence electrons. The summed E-state index contributed by atoms with van der Waals surface area (Å²) in [4.78, 5) is 23.7. The Morgan fingerprint density at radius 1 is 0.938 bits per heavy atom. The van der Waals surface area contributed by atoms with Gasteiger partial charge in [-0.25, -0.2) is 0 Å². The van der Waals surface area contributed by atoms with Gasteiger partial charge in [0.05, 0.1) is 0 Å². The largest absolute Gasteiger partial charge is 0.463 e. The van der Waals surface area contributed by atoms with Crippen molar-refractivity contribution in [3.8, 4) is 0 Å². The first-order valence-corrected chi connectivity index (χ1v) is 13.1. The van der Waals surface area contributed by atoms with Crippen LogP contribution in [0.25, 0.3) is 0 Å². The topological polar surface area (TPSA) is 52.6 Å². The van der Waals surface area contributed by atoms with Crippen LogP contribution in [0.15, 0.2) is 12.7 Å². The summed E-state index contributed by atoms with van der Waals surface area (Å²) in [6, 6.07) is 0. The van der Waals surface area contributed by atoms with Gasteiger partial charge in [-0.05, 0) is 98.2 Å². The number of carbonyl (C=O) groups excluding carboxylic acids is 2. The van der Waals surface area contributed by atoms with Crippen molar-refractivity contribution in [2.24, 2.45) is 46.3 Å². The van der Waals surface area contributed by atoms with E-state index < -0.39 is 0 Å². The zero-order valence-corrected chi connectivity index (χ0v) is 20.9. The molecule has 0 amide bonds.